The van der Waals surface area contributed by atoms with Crippen molar-refractivity contribution in [1.29, 1.82) is 0 Å². The van der Waals surface area contributed by atoms with Crippen molar-refractivity contribution in [1.82, 2.24) is 5.32 Å². The minimum Gasteiger partial charge on any atom is -0.480 e. The van der Waals surface area contributed by atoms with Crippen LogP contribution in [0.2, 0.25) is 0 Å². The summed E-state index contributed by atoms with van der Waals surface area (Å²) in [5.74, 6) is -1.09. The largest absolute Gasteiger partial charge is 0.480 e. The van der Waals surface area contributed by atoms with Crippen molar-refractivity contribution in [2.45, 2.75) is 13.0 Å². The number of amides is 1. The van der Waals surface area contributed by atoms with Crippen LogP contribution in [0.25, 0.3) is 0 Å². The predicted molar refractivity (Wildman–Crippen MR) is 45.6 cm³/mol. The summed E-state index contributed by atoms with van der Waals surface area (Å²) < 4.78 is 4.64. The molecular formula is C5H8INO4. The molecule has 0 rings (SSSR count). The van der Waals surface area contributed by atoms with Crippen LogP contribution in [0.4, 0.5) is 4.79 Å². The van der Waals surface area contributed by atoms with Gasteiger partial charge in [-0.15, -0.1) is 0 Å². The quantitative estimate of drug-likeness (QED) is 0.582. The molecule has 1 unspecified atom stereocenters. The summed E-state index contributed by atoms with van der Waals surface area (Å²) in [5, 5.41) is 10.4. The second kappa shape index (κ2) is 5.16. The molecule has 0 aliphatic heterocycles. The maximum atomic E-state index is 10.6. The summed E-state index contributed by atoms with van der Waals surface area (Å²) in [6.45, 7) is 1.36. The number of carboxylic acids is 1. The third-order valence-corrected chi connectivity index (χ3v) is 1.20. The van der Waals surface area contributed by atoms with Crippen LogP contribution in [0.15, 0.2) is 0 Å². The predicted octanol–water partition coefficient (Wildman–Crippen LogP) is 0.578. The molecule has 0 fully saturated rings. The molecule has 2 N–H and O–H groups in total. The fraction of sp³-hybridized carbons (Fsp3) is 0.600. The summed E-state index contributed by atoms with van der Waals surface area (Å²) in [6.07, 6.45) is -0.714. The number of ether oxygens (including phenoxy) is 1. The van der Waals surface area contributed by atoms with Crippen molar-refractivity contribution in [3.05, 3.63) is 0 Å². The molecule has 0 aliphatic rings. The van der Waals surface area contributed by atoms with Gasteiger partial charge in [-0.3, -0.25) is 4.79 Å². The van der Waals surface area contributed by atoms with Crippen LogP contribution >= 0.6 is 22.6 Å². The molecule has 1 amide bonds. The molecule has 64 valence electrons. The topological polar surface area (TPSA) is 75.6 Å². The van der Waals surface area contributed by atoms with Gasteiger partial charge in [0.1, 0.15) is 10.7 Å². The first-order valence-corrected chi connectivity index (χ1v) is 4.32. The van der Waals surface area contributed by atoms with Gasteiger partial charge in [0.15, 0.2) is 0 Å². The standard InChI is InChI=1S/C5H8INO4/c1-3(4(8)9)7-5(10)11-2-6/h3H,2H2,1H3,(H,7,10)(H,8,9). The minimum atomic E-state index is -1.09. The molecule has 0 saturated heterocycles. The van der Waals surface area contributed by atoms with Crippen LogP contribution in [0.5, 0.6) is 0 Å². The number of aliphatic carboxylic acids is 1. The van der Waals surface area contributed by atoms with Gasteiger partial charge < -0.3 is 15.2 Å². The number of hydrogen-bond donors (Lipinski definition) is 2. The first-order valence-electron chi connectivity index (χ1n) is 2.80. The van der Waals surface area contributed by atoms with Crippen LogP contribution < -0.4 is 5.32 Å². The summed E-state index contributed by atoms with van der Waals surface area (Å²) in [4.78, 5) is 20.7. The number of rotatable bonds is 3. The highest BCUT2D eigenvalue weighted by Gasteiger charge is 2.13. The molecule has 1 atom stereocenters. The Kier molecular flexibility index (Phi) is 4.92. The Labute approximate surface area is 77.2 Å². The number of halogens is 1. The van der Waals surface area contributed by atoms with Crippen molar-refractivity contribution in [2.75, 3.05) is 4.61 Å². The molecule has 0 aromatic rings. The van der Waals surface area contributed by atoms with Gasteiger partial charge in [-0.2, -0.15) is 0 Å². The molecule has 0 aromatic heterocycles. The van der Waals surface area contributed by atoms with E-state index in [0.717, 1.165) is 0 Å². The lowest BCUT2D eigenvalue weighted by Crippen LogP contribution is -2.38. The highest BCUT2D eigenvalue weighted by molar-refractivity contribution is 14.1. The molecule has 11 heavy (non-hydrogen) atoms. The molecule has 0 aromatic carbocycles. The fourth-order valence-corrected chi connectivity index (χ4v) is 0.613. The zero-order valence-corrected chi connectivity index (χ0v) is 7.99. The van der Waals surface area contributed by atoms with E-state index in [9.17, 15) is 9.59 Å². The number of hydrogen-bond acceptors (Lipinski definition) is 3. The van der Waals surface area contributed by atoms with E-state index in [1.54, 1.807) is 0 Å². The van der Waals surface area contributed by atoms with Crippen LogP contribution in [0, 0.1) is 0 Å². The Balaban J connectivity index is 3.66. The number of carbonyl (C=O) groups is 2. The Morgan fingerprint density at radius 1 is 1.73 bits per heavy atom. The van der Waals surface area contributed by atoms with E-state index < -0.39 is 18.1 Å². The van der Waals surface area contributed by atoms with Crippen molar-refractivity contribution < 1.29 is 19.4 Å². The summed E-state index contributed by atoms with van der Waals surface area (Å²) in [5.41, 5.74) is 0. The van der Waals surface area contributed by atoms with Gasteiger partial charge in [0.05, 0.1) is 0 Å². The molecule has 5 nitrogen and oxygen atoms in total. The normalized spacial score (nSPS) is 11.8. The lowest BCUT2D eigenvalue weighted by molar-refractivity contribution is -0.138. The number of carboxylic acid groups (broad SMARTS) is 1. The summed E-state index contributed by atoms with van der Waals surface area (Å²) in [6, 6.07) is -0.912. The number of carbonyl (C=O) groups excluding carboxylic acids is 1. The van der Waals surface area contributed by atoms with Gasteiger partial charge in [-0.25, -0.2) is 4.79 Å². The summed E-state index contributed by atoms with van der Waals surface area (Å²) in [7, 11) is 0. The second-order valence-electron chi connectivity index (χ2n) is 1.75. The maximum absolute atomic E-state index is 10.6. The molecule has 0 spiro atoms. The van der Waals surface area contributed by atoms with E-state index in [2.05, 4.69) is 10.1 Å². The van der Waals surface area contributed by atoms with E-state index in [4.69, 9.17) is 5.11 Å². The van der Waals surface area contributed by atoms with Gasteiger partial charge in [-0.05, 0) is 29.5 Å². The van der Waals surface area contributed by atoms with E-state index in [1.165, 1.54) is 6.92 Å². The van der Waals surface area contributed by atoms with Gasteiger partial charge >= 0.3 is 12.1 Å². The molecule has 6 heteroatoms. The lowest BCUT2D eigenvalue weighted by Gasteiger charge is -2.07. The average Bonchev–Trinajstić information content (AvgIpc) is 1.87. The van der Waals surface area contributed by atoms with Crippen molar-refractivity contribution in [2.24, 2.45) is 0 Å². The Bertz CT molecular complexity index is 161. The first kappa shape index (κ1) is 10.5. The van der Waals surface area contributed by atoms with Crippen LogP contribution in [0.3, 0.4) is 0 Å². The van der Waals surface area contributed by atoms with Gasteiger partial charge in [0, 0.05) is 0 Å². The SMILES string of the molecule is CC(NC(=O)OCI)C(=O)O. The van der Waals surface area contributed by atoms with E-state index in [-0.39, 0.29) is 4.61 Å². The number of alkyl carbamates (subject to hydrolysis) is 1. The molecule has 0 bridgehead atoms. The lowest BCUT2D eigenvalue weighted by atomic mass is 10.4. The van der Waals surface area contributed by atoms with Gasteiger partial charge in [-0.1, -0.05) is 0 Å². The maximum Gasteiger partial charge on any atom is 0.408 e. The highest BCUT2D eigenvalue weighted by Crippen LogP contribution is 1.87. The monoisotopic (exact) mass is 273 g/mol. The molecule has 0 saturated carbocycles. The van der Waals surface area contributed by atoms with Gasteiger partial charge in [0.25, 0.3) is 0 Å². The highest BCUT2D eigenvalue weighted by atomic mass is 127. The van der Waals surface area contributed by atoms with Crippen molar-refractivity contribution >= 4 is 34.7 Å². The molecule has 0 radical (unpaired) electrons. The average molecular weight is 273 g/mol. The Morgan fingerprint density at radius 3 is 2.64 bits per heavy atom. The fourth-order valence-electron chi connectivity index (χ4n) is 0.330. The number of nitrogens with one attached hydrogen (secondary N) is 1. The van der Waals surface area contributed by atoms with Crippen LogP contribution in [-0.4, -0.2) is 27.8 Å². The first-order chi connectivity index (χ1) is 5.07. The van der Waals surface area contributed by atoms with E-state index >= 15 is 0 Å². The zero-order chi connectivity index (χ0) is 8.85. The van der Waals surface area contributed by atoms with Crippen molar-refractivity contribution in [3.8, 4) is 0 Å². The van der Waals surface area contributed by atoms with Crippen LogP contribution in [-0.2, 0) is 9.53 Å². The molecule has 0 aliphatic carbocycles. The smallest absolute Gasteiger partial charge is 0.408 e. The summed E-state index contributed by atoms with van der Waals surface area (Å²) >= 11 is 1.84. The van der Waals surface area contributed by atoms with Crippen LogP contribution in [0.1, 0.15) is 6.92 Å². The Morgan fingerprint density at radius 2 is 2.27 bits per heavy atom. The van der Waals surface area contributed by atoms with E-state index in [1.807, 2.05) is 22.6 Å². The molecular weight excluding hydrogens is 265 g/mol. The third-order valence-electron chi connectivity index (χ3n) is 0.890. The zero-order valence-electron chi connectivity index (χ0n) is 5.83. The number of alkyl halides is 1. The Hall–Kier alpha value is -0.530. The van der Waals surface area contributed by atoms with Crippen molar-refractivity contribution in [3.63, 3.8) is 0 Å². The minimum absolute atomic E-state index is 0.204. The van der Waals surface area contributed by atoms with E-state index in [0.29, 0.717) is 0 Å². The molecule has 0 heterocycles. The van der Waals surface area contributed by atoms with Gasteiger partial charge in [0.2, 0.25) is 0 Å². The third kappa shape index (κ3) is 4.82. The second-order valence-corrected chi connectivity index (χ2v) is 2.37.